The molecular weight excluding hydrogens is 644 g/mol. The number of nitrogens with two attached hydrogens (primary N) is 4. The van der Waals surface area contributed by atoms with Crippen molar-refractivity contribution in [3.63, 3.8) is 0 Å². The van der Waals surface area contributed by atoms with E-state index < -0.39 is 67.1 Å². The molecule has 19 nitrogen and oxygen atoms in total. The summed E-state index contributed by atoms with van der Waals surface area (Å²) in [6.07, 6.45) is -1.59. The molecule has 5 amide bonds. The second-order valence-corrected chi connectivity index (χ2v) is 11.6. The summed E-state index contributed by atoms with van der Waals surface area (Å²) in [7, 11) is 0. The fraction of sp³-hybridized carbons (Fsp3) is 0.600. The molecule has 2 fully saturated rings. The summed E-state index contributed by atoms with van der Waals surface area (Å²) in [5.41, 5.74) is 22.6. The van der Waals surface area contributed by atoms with E-state index in [4.69, 9.17) is 37.1 Å². The number of aliphatic hydroxyl groups excluding tert-OH is 3. The number of carbonyl (C=O) groups is 3. The Morgan fingerprint density at radius 1 is 0.959 bits per heavy atom. The molecule has 1 aromatic rings. The fourth-order valence-electron chi connectivity index (χ4n) is 5.21. The molecule has 0 saturated carbocycles. The molecule has 0 spiro atoms. The Balaban J connectivity index is 1.55. The molecule has 2 aliphatic heterocycles. The van der Waals surface area contributed by atoms with Crippen molar-refractivity contribution in [2.75, 3.05) is 32.8 Å². The predicted molar refractivity (Wildman–Crippen MR) is 179 cm³/mol. The molecule has 0 aromatic heterocycles. The highest BCUT2D eigenvalue weighted by molar-refractivity contribution is 5.91. The molecule has 274 valence electrons. The normalized spacial score (nSPS) is 28.3. The molecule has 1 aromatic carbocycles. The van der Waals surface area contributed by atoms with Gasteiger partial charge in [-0.2, -0.15) is 0 Å². The molecule has 0 bridgehead atoms. The lowest BCUT2D eigenvalue weighted by Gasteiger charge is -2.42. The van der Waals surface area contributed by atoms with Crippen LogP contribution in [0.5, 0.6) is 5.75 Å². The van der Waals surface area contributed by atoms with Crippen LogP contribution in [0.3, 0.4) is 0 Å². The van der Waals surface area contributed by atoms with E-state index in [1.54, 1.807) is 37.3 Å². The van der Waals surface area contributed by atoms with E-state index in [1.165, 1.54) is 6.08 Å². The zero-order valence-electron chi connectivity index (χ0n) is 27.4. The van der Waals surface area contributed by atoms with Crippen LogP contribution in [-0.4, -0.2) is 127 Å². The minimum absolute atomic E-state index is 0.219. The lowest BCUT2D eigenvalue weighted by atomic mass is 9.95. The van der Waals surface area contributed by atoms with Crippen LogP contribution in [0.25, 0.3) is 6.08 Å². The second-order valence-electron chi connectivity index (χ2n) is 11.6. The third-order valence-corrected chi connectivity index (χ3v) is 7.76. The molecule has 19 heteroatoms. The monoisotopic (exact) mass is 694 g/mol. The molecule has 0 unspecified atom stereocenters. The van der Waals surface area contributed by atoms with Crippen molar-refractivity contribution >= 4 is 30.0 Å². The lowest BCUT2D eigenvalue weighted by molar-refractivity contribution is -0.193. The first-order valence-corrected chi connectivity index (χ1v) is 16.1. The third kappa shape index (κ3) is 12.6. The maximum Gasteiger partial charge on any atom is 0.317 e. The van der Waals surface area contributed by atoms with E-state index in [-0.39, 0.29) is 18.5 Å². The lowest BCUT2D eigenvalue weighted by Crippen LogP contribution is -2.68. The largest absolute Gasteiger partial charge is 0.462 e. The minimum Gasteiger partial charge on any atom is -0.462 e. The van der Waals surface area contributed by atoms with Gasteiger partial charge in [0.15, 0.2) is 12.2 Å². The van der Waals surface area contributed by atoms with Crippen molar-refractivity contribution in [3.8, 4) is 5.75 Å². The fourth-order valence-corrected chi connectivity index (χ4v) is 5.21. The first-order valence-electron chi connectivity index (χ1n) is 16.1. The standard InChI is InChI=1S/C30H50N10O9/c1-16-21(39-30(46)40-26-22(38-29(34)45)24(43)19(41)15-47-26)25(44)23(37-28(32)33)27(48-16)49-18-8-5-17(6-9-18)7-10-20(42)36-14-4-13-35-12-3-2-11-31/h5-10,16,19,21-27,35,41,43-44H,2-4,11-15,31H2,1H3,(H,36,42)(H4,32,33,37)(H3,34,38,45)(H2,39,40,46)/t16-,19-,21-,22-,23-,24-,25+,26-,27+/m0/s1. The number of aliphatic hydroxyl groups is 3. The topological polar surface area (TPSA) is 316 Å². The molecule has 0 radical (unpaired) electrons. The number of ether oxygens (including phenoxy) is 3. The molecule has 2 saturated heterocycles. The molecule has 9 atom stereocenters. The molecule has 0 aliphatic carbocycles. The Kier molecular flexibility index (Phi) is 15.7. The van der Waals surface area contributed by atoms with E-state index >= 15 is 0 Å². The Labute approximate surface area is 284 Å². The molecule has 3 rings (SSSR count). The van der Waals surface area contributed by atoms with Crippen LogP contribution in [0, 0.1) is 0 Å². The maximum absolute atomic E-state index is 12.9. The number of aliphatic imine (C=N–C) groups is 1. The smallest absolute Gasteiger partial charge is 0.317 e. The number of hydrogen-bond donors (Lipinski definition) is 12. The van der Waals surface area contributed by atoms with Crippen molar-refractivity contribution in [1.82, 2.24) is 26.6 Å². The van der Waals surface area contributed by atoms with Crippen LogP contribution in [0.15, 0.2) is 35.3 Å². The summed E-state index contributed by atoms with van der Waals surface area (Å²) < 4.78 is 17.3. The van der Waals surface area contributed by atoms with Crippen LogP contribution in [0.1, 0.15) is 31.7 Å². The van der Waals surface area contributed by atoms with Gasteiger partial charge in [-0.15, -0.1) is 0 Å². The first kappa shape index (κ1) is 39.2. The van der Waals surface area contributed by atoms with Gasteiger partial charge >= 0.3 is 12.1 Å². The van der Waals surface area contributed by atoms with Gasteiger partial charge in [0.25, 0.3) is 0 Å². The van der Waals surface area contributed by atoms with Gasteiger partial charge in [0.2, 0.25) is 12.2 Å². The van der Waals surface area contributed by atoms with Gasteiger partial charge in [-0.25, -0.2) is 14.6 Å². The van der Waals surface area contributed by atoms with Crippen molar-refractivity contribution in [2.24, 2.45) is 27.9 Å². The Bertz CT molecular complexity index is 1270. The summed E-state index contributed by atoms with van der Waals surface area (Å²) in [5.74, 6) is -0.225. The summed E-state index contributed by atoms with van der Waals surface area (Å²) in [6.45, 7) is 4.19. The number of hydrogen-bond acceptors (Lipinski definition) is 12. The Hall–Kier alpha value is -4.24. The van der Waals surface area contributed by atoms with Crippen LogP contribution in [-0.2, 0) is 14.3 Å². The zero-order valence-corrected chi connectivity index (χ0v) is 27.4. The third-order valence-electron chi connectivity index (χ3n) is 7.76. The van der Waals surface area contributed by atoms with Crippen LogP contribution < -0.4 is 54.3 Å². The number of carbonyl (C=O) groups excluding carboxylic acids is 3. The van der Waals surface area contributed by atoms with Gasteiger partial charge in [-0.05, 0) is 69.6 Å². The van der Waals surface area contributed by atoms with Crippen molar-refractivity contribution < 1.29 is 43.9 Å². The quantitative estimate of drug-likeness (QED) is 0.0346. The molecule has 16 N–H and O–H groups in total. The van der Waals surface area contributed by atoms with Gasteiger partial charge in [-0.3, -0.25) is 4.79 Å². The summed E-state index contributed by atoms with van der Waals surface area (Å²) in [5, 5.41) is 44.8. The molecule has 2 aliphatic rings. The number of benzene rings is 1. The van der Waals surface area contributed by atoms with E-state index in [1.807, 2.05) is 0 Å². The SMILES string of the molecule is C[C@@H]1O[C@H](Oc2ccc(C=CC(=O)NCCCNCCCCN)cc2)[C@@H](N=C(N)N)[C@H](O)[C@H]1NC(=O)N[C@H]1OC[C@H](O)[C@H](O)[C@@H]1NC(N)=O. The number of rotatable bonds is 16. The van der Waals surface area contributed by atoms with Crippen molar-refractivity contribution in [1.29, 1.82) is 0 Å². The Morgan fingerprint density at radius 3 is 2.35 bits per heavy atom. The van der Waals surface area contributed by atoms with Gasteiger partial charge < -0.3 is 79.0 Å². The van der Waals surface area contributed by atoms with Gasteiger partial charge in [0.05, 0.1) is 18.8 Å². The molecule has 2 heterocycles. The minimum atomic E-state index is -1.48. The van der Waals surface area contributed by atoms with E-state index in [0.29, 0.717) is 18.8 Å². The first-order chi connectivity index (χ1) is 23.4. The Morgan fingerprint density at radius 2 is 1.67 bits per heavy atom. The van der Waals surface area contributed by atoms with Crippen molar-refractivity contribution in [2.45, 2.75) is 81.2 Å². The van der Waals surface area contributed by atoms with Crippen LogP contribution in [0.4, 0.5) is 9.59 Å². The predicted octanol–water partition coefficient (Wildman–Crippen LogP) is -3.56. The van der Waals surface area contributed by atoms with Gasteiger partial charge in [0.1, 0.15) is 36.1 Å². The number of guanidine groups is 1. The number of nitrogens with one attached hydrogen (secondary N) is 5. The average Bonchev–Trinajstić information content (AvgIpc) is 3.05. The van der Waals surface area contributed by atoms with Crippen LogP contribution in [0.2, 0.25) is 0 Å². The van der Waals surface area contributed by atoms with Crippen molar-refractivity contribution in [3.05, 3.63) is 35.9 Å². The number of urea groups is 2. The summed E-state index contributed by atoms with van der Waals surface area (Å²) in [4.78, 5) is 40.6. The zero-order chi connectivity index (χ0) is 35.9. The van der Waals surface area contributed by atoms with Crippen LogP contribution >= 0.6 is 0 Å². The van der Waals surface area contributed by atoms with E-state index in [9.17, 15) is 29.7 Å². The maximum atomic E-state index is 12.9. The summed E-state index contributed by atoms with van der Waals surface area (Å²) >= 11 is 0. The molecular formula is C30H50N10O9. The van der Waals surface area contributed by atoms with E-state index in [2.05, 4.69) is 31.6 Å². The number of primary amides is 1. The average molecular weight is 695 g/mol. The number of nitrogens with zero attached hydrogens (tertiary/aromatic N) is 1. The number of amides is 5. The van der Waals surface area contributed by atoms with Gasteiger partial charge in [-0.1, -0.05) is 12.1 Å². The highest BCUT2D eigenvalue weighted by Gasteiger charge is 2.46. The number of unbranched alkanes of at least 4 members (excludes halogenated alkanes) is 1. The van der Waals surface area contributed by atoms with Gasteiger partial charge in [0, 0.05) is 12.6 Å². The highest BCUT2D eigenvalue weighted by Crippen LogP contribution is 2.27. The molecule has 49 heavy (non-hydrogen) atoms. The second kappa shape index (κ2) is 19.7. The van der Waals surface area contributed by atoms with E-state index in [0.717, 1.165) is 37.9 Å². The summed E-state index contributed by atoms with van der Waals surface area (Å²) in [6, 6.07) is 1.35. The highest BCUT2D eigenvalue weighted by atomic mass is 16.7.